The summed E-state index contributed by atoms with van der Waals surface area (Å²) in [7, 11) is 0. The molecule has 45 heavy (non-hydrogen) atoms. The maximum absolute atomic E-state index is 13.1. The van der Waals surface area contributed by atoms with Crippen molar-refractivity contribution < 1.29 is 9.59 Å². The van der Waals surface area contributed by atoms with Crippen molar-refractivity contribution in [1.29, 1.82) is 0 Å². The first-order valence-corrected chi connectivity index (χ1v) is 15.9. The number of nitrogens with one attached hydrogen (secondary N) is 3. The van der Waals surface area contributed by atoms with Crippen LogP contribution in [-0.4, -0.2) is 92.9 Å². The molecular formula is C34H39N9O2. The van der Waals surface area contributed by atoms with E-state index < -0.39 is 0 Å². The van der Waals surface area contributed by atoms with E-state index in [-0.39, 0.29) is 17.9 Å². The quantitative estimate of drug-likeness (QED) is 0.246. The standard InChI is InChI=1S/C34H39N9O2/c1-2-31(44)38-26-4-3-13-41(21-26)20-23-11-12-35-30(18-23)34(45)39-25-7-5-24(6-8-25)29-19-28-32(40-29)36-22-37-33(28)43-16-14-42(15-17-43)27-9-10-27/h2,5-8,11-12,18-19,22,26-27H,1,3-4,9-10,13-17,20-21H2,(H,38,44)(H,39,45)(H,36,37,40)/t26-/m1/s1. The van der Waals surface area contributed by atoms with Crippen molar-refractivity contribution in [2.45, 2.75) is 44.3 Å². The fourth-order valence-corrected chi connectivity index (χ4v) is 6.53. The van der Waals surface area contributed by atoms with Crippen LogP contribution in [0, 0.1) is 0 Å². The Balaban J connectivity index is 0.983. The summed E-state index contributed by atoms with van der Waals surface area (Å²) < 4.78 is 0. The number of H-pyrrole nitrogens is 1. The average Bonchev–Trinajstić information content (AvgIpc) is 3.83. The fourth-order valence-electron chi connectivity index (χ4n) is 6.53. The number of anilines is 2. The Morgan fingerprint density at radius 3 is 2.58 bits per heavy atom. The van der Waals surface area contributed by atoms with Gasteiger partial charge in [0.05, 0.1) is 5.39 Å². The van der Waals surface area contributed by atoms with Gasteiger partial charge in [-0.3, -0.25) is 24.4 Å². The molecule has 11 nitrogen and oxygen atoms in total. The van der Waals surface area contributed by atoms with Crippen molar-refractivity contribution in [2.24, 2.45) is 0 Å². The van der Waals surface area contributed by atoms with E-state index in [2.05, 4.69) is 57.9 Å². The molecule has 11 heteroatoms. The van der Waals surface area contributed by atoms with Crippen LogP contribution in [-0.2, 0) is 11.3 Å². The highest BCUT2D eigenvalue weighted by atomic mass is 16.2. The van der Waals surface area contributed by atoms with Gasteiger partial charge in [-0.05, 0) is 79.8 Å². The normalized spacial score (nSPS) is 19.4. The first-order chi connectivity index (χ1) is 22.0. The number of carbonyl (C=O) groups excluding carboxylic acids is 2. The number of aromatic nitrogens is 4. The lowest BCUT2D eigenvalue weighted by Crippen LogP contribution is -2.47. The lowest BCUT2D eigenvalue weighted by Gasteiger charge is -2.35. The second-order valence-electron chi connectivity index (χ2n) is 12.3. The third-order valence-corrected chi connectivity index (χ3v) is 9.04. The SMILES string of the molecule is C=CC(=O)N[C@@H]1CCCN(Cc2ccnc(C(=O)Nc3ccc(-c4cc5c(N6CCN(C7CC7)CC6)ncnc5[nH]4)cc3)c2)C1. The van der Waals surface area contributed by atoms with Crippen LogP contribution >= 0.6 is 0 Å². The Morgan fingerprint density at radius 2 is 1.80 bits per heavy atom. The summed E-state index contributed by atoms with van der Waals surface area (Å²) in [6.45, 7) is 10.0. The second-order valence-corrected chi connectivity index (χ2v) is 12.3. The minimum Gasteiger partial charge on any atom is -0.353 e. The van der Waals surface area contributed by atoms with E-state index in [1.54, 1.807) is 12.5 Å². The topological polar surface area (TPSA) is 122 Å². The second kappa shape index (κ2) is 12.8. The maximum Gasteiger partial charge on any atom is 0.274 e. The number of amides is 2. The van der Waals surface area contributed by atoms with Crippen molar-refractivity contribution in [2.75, 3.05) is 49.5 Å². The molecule has 3 aromatic heterocycles. The molecule has 0 unspecified atom stereocenters. The Labute approximate surface area is 262 Å². The van der Waals surface area contributed by atoms with Crippen molar-refractivity contribution >= 4 is 34.4 Å². The molecule has 0 radical (unpaired) electrons. The number of pyridine rings is 1. The highest BCUT2D eigenvalue weighted by Crippen LogP contribution is 2.32. The van der Waals surface area contributed by atoms with Crippen LogP contribution < -0.4 is 15.5 Å². The zero-order valence-electron chi connectivity index (χ0n) is 25.4. The number of piperazine rings is 1. The predicted molar refractivity (Wildman–Crippen MR) is 175 cm³/mol. The van der Waals surface area contributed by atoms with Gasteiger partial charge in [0.25, 0.3) is 5.91 Å². The molecule has 1 atom stereocenters. The Morgan fingerprint density at radius 1 is 0.978 bits per heavy atom. The van der Waals surface area contributed by atoms with E-state index in [0.717, 1.165) is 91.8 Å². The van der Waals surface area contributed by atoms with E-state index >= 15 is 0 Å². The minimum atomic E-state index is -0.258. The van der Waals surface area contributed by atoms with Crippen LogP contribution in [0.15, 0.2) is 67.6 Å². The van der Waals surface area contributed by atoms with Crippen LogP contribution in [0.2, 0.25) is 0 Å². The number of fused-ring (bicyclic) bond motifs is 1. The Kier molecular flexibility index (Phi) is 8.27. The van der Waals surface area contributed by atoms with Gasteiger partial charge in [0, 0.05) is 68.9 Å². The van der Waals surface area contributed by atoms with E-state index in [1.807, 2.05) is 36.4 Å². The zero-order valence-corrected chi connectivity index (χ0v) is 25.4. The number of hydrogen-bond acceptors (Lipinski definition) is 8. The van der Waals surface area contributed by atoms with E-state index in [0.29, 0.717) is 17.9 Å². The summed E-state index contributed by atoms with van der Waals surface area (Å²) in [5, 5.41) is 7.01. The molecule has 1 saturated carbocycles. The van der Waals surface area contributed by atoms with E-state index in [9.17, 15) is 9.59 Å². The van der Waals surface area contributed by atoms with Gasteiger partial charge in [-0.1, -0.05) is 18.7 Å². The first-order valence-electron chi connectivity index (χ1n) is 15.9. The smallest absolute Gasteiger partial charge is 0.274 e. The third kappa shape index (κ3) is 6.74. The molecular weight excluding hydrogens is 566 g/mol. The molecule has 7 rings (SSSR count). The largest absolute Gasteiger partial charge is 0.353 e. The summed E-state index contributed by atoms with van der Waals surface area (Å²) in [5.74, 6) is 0.582. The van der Waals surface area contributed by atoms with Gasteiger partial charge in [-0.25, -0.2) is 9.97 Å². The summed E-state index contributed by atoms with van der Waals surface area (Å²) in [4.78, 5) is 49.0. The summed E-state index contributed by atoms with van der Waals surface area (Å²) >= 11 is 0. The van der Waals surface area contributed by atoms with Gasteiger partial charge >= 0.3 is 0 Å². The van der Waals surface area contributed by atoms with Crippen LogP contribution in [0.4, 0.5) is 11.5 Å². The number of rotatable bonds is 9. The lowest BCUT2D eigenvalue weighted by molar-refractivity contribution is -0.117. The Bertz CT molecular complexity index is 1690. The molecule has 232 valence electrons. The molecule has 0 spiro atoms. The van der Waals surface area contributed by atoms with Crippen molar-refractivity contribution in [3.05, 3.63) is 78.9 Å². The van der Waals surface area contributed by atoms with Crippen molar-refractivity contribution in [1.82, 2.24) is 35.1 Å². The number of benzene rings is 1. The molecule has 3 fully saturated rings. The molecule has 1 aliphatic carbocycles. The van der Waals surface area contributed by atoms with Crippen LogP contribution in [0.1, 0.15) is 41.7 Å². The minimum absolute atomic E-state index is 0.101. The van der Waals surface area contributed by atoms with Gasteiger partial charge in [0.1, 0.15) is 23.5 Å². The molecule has 1 aromatic carbocycles. The molecule has 2 aliphatic heterocycles. The van der Waals surface area contributed by atoms with Crippen LogP contribution in [0.3, 0.4) is 0 Å². The molecule has 4 aromatic rings. The highest BCUT2D eigenvalue weighted by molar-refractivity contribution is 6.03. The number of aromatic amines is 1. The highest BCUT2D eigenvalue weighted by Gasteiger charge is 2.32. The Hall–Kier alpha value is -4.61. The van der Waals surface area contributed by atoms with Crippen molar-refractivity contribution in [3.63, 3.8) is 0 Å². The monoisotopic (exact) mass is 605 g/mol. The van der Waals surface area contributed by atoms with E-state index in [4.69, 9.17) is 0 Å². The van der Waals surface area contributed by atoms with Crippen molar-refractivity contribution in [3.8, 4) is 11.3 Å². The molecule has 3 aliphatic rings. The maximum atomic E-state index is 13.1. The van der Waals surface area contributed by atoms with Gasteiger partial charge in [0.15, 0.2) is 0 Å². The lowest BCUT2D eigenvalue weighted by atomic mass is 10.0. The van der Waals surface area contributed by atoms with Gasteiger partial charge < -0.3 is 20.5 Å². The molecule has 2 saturated heterocycles. The summed E-state index contributed by atoms with van der Waals surface area (Å²) in [6.07, 6.45) is 9.25. The number of nitrogens with zero attached hydrogens (tertiary/aromatic N) is 6. The van der Waals surface area contributed by atoms with Gasteiger partial charge in [-0.15, -0.1) is 0 Å². The van der Waals surface area contributed by atoms with E-state index in [1.165, 1.54) is 18.9 Å². The number of carbonyl (C=O) groups is 2. The third-order valence-electron chi connectivity index (χ3n) is 9.04. The number of piperidine rings is 1. The predicted octanol–water partition coefficient (Wildman–Crippen LogP) is 3.82. The fraction of sp³-hybridized carbons (Fsp3) is 0.382. The molecule has 5 heterocycles. The zero-order chi connectivity index (χ0) is 30.8. The molecule has 0 bridgehead atoms. The van der Waals surface area contributed by atoms with Gasteiger partial charge in [0.2, 0.25) is 5.91 Å². The van der Waals surface area contributed by atoms with Crippen LogP contribution in [0.5, 0.6) is 0 Å². The van der Waals surface area contributed by atoms with Crippen LogP contribution in [0.25, 0.3) is 22.3 Å². The summed E-state index contributed by atoms with van der Waals surface area (Å²) in [6, 6.07) is 14.6. The number of hydrogen-bond donors (Lipinski definition) is 3. The summed E-state index contributed by atoms with van der Waals surface area (Å²) in [5.41, 5.74) is 4.85. The molecule has 3 N–H and O–H groups in total. The molecule has 2 amide bonds. The number of likely N-dealkylation sites (tertiary alicyclic amines) is 1. The first kappa shape index (κ1) is 29.1. The van der Waals surface area contributed by atoms with Gasteiger partial charge in [-0.2, -0.15) is 0 Å². The average molecular weight is 606 g/mol.